The number of aryl methyl sites for hydroxylation is 7. The molecule has 0 bridgehead atoms. The lowest BCUT2D eigenvalue weighted by molar-refractivity contribution is 0.304. The normalized spacial score (nSPS) is 16.7. The van der Waals surface area contributed by atoms with Gasteiger partial charge in [-0.3, -0.25) is 4.52 Å². The SMILES string of the molecule is CCCOP1(Oc2cccc(C)c2)=NP(Oc2cccc(C)c2)(Oc2cccc(C)c2)=NP(Oc2cccc(C)c2)(Oc2cccc(C)c2)=NP(Oc2cccc(C)c2)(Oc2cccc(C)c2)=N1. The maximum atomic E-state index is 7.24. The van der Waals surface area contributed by atoms with Gasteiger partial charge in [0.15, 0.2) is 0 Å². The van der Waals surface area contributed by atoms with Gasteiger partial charge in [0.05, 0.1) is 6.61 Å². The maximum absolute atomic E-state index is 7.24. The van der Waals surface area contributed by atoms with Crippen LogP contribution in [0.1, 0.15) is 52.3 Å². The number of hydrogen-bond acceptors (Lipinski definition) is 12. The fraction of sp³-hybridized carbons (Fsp3) is 0.192. The zero-order valence-electron chi connectivity index (χ0n) is 39.4. The first kappa shape index (κ1) is 48.5. The number of hydrogen-bond donors (Lipinski definition) is 0. The molecule has 1 heterocycles. The van der Waals surface area contributed by atoms with Crippen molar-refractivity contribution in [3.8, 4) is 40.2 Å². The van der Waals surface area contributed by atoms with E-state index in [2.05, 4.69) is 0 Å². The van der Waals surface area contributed by atoms with Gasteiger partial charge < -0.3 is 31.7 Å². The highest BCUT2D eigenvalue weighted by atomic mass is 31.3. The second kappa shape index (κ2) is 21.1. The monoisotopic (exact) mass is 988 g/mol. The van der Waals surface area contributed by atoms with Gasteiger partial charge in [-0.15, -0.1) is 9.03 Å². The lowest BCUT2D eigenvalue weighted by Crippen LogP contribution is -2.11. The molecule has 8 rings (SSSR count). The molecule has 0 saturated carbocycles. The maximum Gasteiger partial charge on any atom is 0.460 e. The minimum Gasteiger partial charge on any atom is -0.422 e. The molecule has 0 radical (unpaired) electrons. The highest BCUT2D eigenvalue weighted by Gasteiger charge is 2.49. The molecule has 16 heteroatoms. The highest BCUT2D eigenvalue weighted by Crippen LogP contribution is 2.79. The molecular weight excluding hydrogens is 932 g/mol. The molecule has 0 fully saturated rings. The van der Waals surface area contributed by atoms with E-state index in [-0.39, 0.29) is 6.61 Å². The quantitative estimate of drug-likeness (QED) is 0.0827. The van der Waals surface area contributed by atoms with Gasteiger partial charge in [0.25, 0.3) is 0 Å². The Bertz CT molecular complexity index is 2930. The summed E-state index contributed by atoms with van der Waals surface area (Å²) in [6, 6.07) is 53.0. The van der Waals surface area contributed by atoms with Gasteiger partial charge in [-0.1, -0.05) is 101 Å². The average molecular weight is 989 g/mol. The molecule has 1 atom stereocenters. The topological polar surface area (TPSA) is 123 Å². The van der Waals surface area contributed by atoms with Crippen molar-refractivity contribution in [2.45, 2.75) is 61.8 Å². The minimum atomic E-state index is -4.39. The fourth-order valence-corrected chi connectivity index (χ4v) is 19.1. The highest BCUT2D eigenvalue weighted by molar-refractivity contribution is 7.79. The Morgan fingerprint density at radius 3 is 0.691 bits per heavy atom. The molecule has 12 nitrogen and oxygen atoms in total. The molecule has 0 spiro atoms. The zero-order chi connectivity index (χ0) is 47.8. The summed E-state index contributed by atoms with van der Waals surface area (Å²) in [5.41, 5.74) is 6.47. The molecule has 0 aromatic heterocycles. The van der Waals surface area contributed by atoms with Crippen molar-refractivity contribution >= 4 is 30.6 Å². The molecule has 0 aliphatic carbocycles. The largest absolute Gasteiger partial charge is 0.460 e. The van der Waals surface area contributed by atoms with Gasteiger partial charge >= 0.3 is 30.6 Å². The molecule has 7 aromatic carbocycles. The van der Waals surface area contributed by atoms with Crippen LogP contribution < -0.4 is 31.7 Å². The van der Waals surface area contributed by atoms with Crippen molar-refractivity contribution in [3.63, 3.8) is 0 Å². The van der Waals surface area contributed by atoms with E-state index in [1.165, 1.54) is 0 Å². The van der Waals surface area contributed by atoms with Crippen LogP contribution in [0.15, 0.2) is 188 Å². The van der Waals surface area contributed by atoms with E-state index < -0.39 is 30.6 Å². The van der Waals surface area contributed by atoms with Crippen LogP contribution in [0.2, 0.25) is 0 Å². The van der Waals surface area contributed by atoms with Crippen LogP contribution in [0.25, 0.3) is 0 Å². The van der Waals surface area contributed by atoms with Crippen LogP contribution in [-0.2, 0) is 4.52 Å². The Morgan fingerprint density at radius 2 is 0.485 bits per heavy atom. The minimum absolute atomic E-state index is 0.149. The van der Waals surface area contributed by atoms with Gasteiger partial charge in [-0.2, -0.15) is 0 Å². The number of rotatable bonds is 17. The molecule has 1 unspecified atom stereocenters. The third-order valence-corrected chi connectivity index (χ3v) is 20.8. The summed E-state index contributed by atoms with van der Waals surface area (Å²) in [4.78, 5) is 0. The molecule has 0 amide bonds. The summed E-state index contributed by atoms with van der Waals surface area (Å²) >= 11 is 0. The van der Waals surface area contributed by atoms with Gasteiger partial charge in [-0.25, -0.2) is 0 Å². The number of benzene rings is 7. The second-order valence-electron chi connectivity index (χ2n) is 16.5. The molecular formula is C52H56N4O8P4. The fourth-order valence-electron chi connectivity index (χ4n) is 6.91. The van der Waals surface area contributed by atoms with E-state index in [9.17, 15) is 0 Å². The van der Waals surface area contributed by atoms with Gasteiger partial charge in [0.1, 0.15) is 40.2 Å². The lowest BCUT2D eigenvalue weighted by Gasteiger charge is -2.33. The van der Waals surface area contributed by atoms with E-state index >= 15 is 0 Å². The summed E-state index contributed by atoms with van der Waals surface area (Å²) in [6.45, 7) is 16.0. The standard InChI is InChI=1S/C52H56N4O8P4/c1-9-31-57-65(58-46-24-10-17-39(2)32-46)53-66(59-47-25-11-18-40(3)33-47,60-48-26-12-19-41(4)34-48)55-68(63-51-29-15-22-44(7)37-51,64-52-30-16-23-45(8)38-52)56-67(54-65,61-49-27-13-20-42(5)35-49)62-50-28-14-21-43(6)36-50/h10-30,32-38H,9,31H2,1-8H3. The molecule has 0 N–H and O–H groups in total. The smallest absolute Gasteiger partial charge is 0.422 e. The van der Waals surface area contributed by atoms with Crippen LogP contribution in [-0.4, -0.2) is 6.61 Å². The molecule has 1 aliphatic rings. The van der Waals surface area contributed by atoms with Gasteiger partial charge in [-0.05, 0) is 179 Å². The van der Waals surface area contributed by atoms with Crippen LogP contribution in [0.4, 0.5) is 0 Å². The van der Waals surface area contributed by atoms with Gasteiger partial charge in [0, 0.05) is 0 Å². The second-order valence-corrected chi connectivity index (χ2v) is 24.8. The zero-order valence-corrected chi connectivity index (χ0v) is 43.0. The third-order valence-electron chi connectivity index (χ3n) is 9.86. The predicted octanol–water partition coefficient (Wildman–Crippen LogP) is 17.9. The molecule has 7 aromatic rings. The van der Waals surface area contributed by atoms with E-state index in [4.69, 9.17) is 54.3 Å². The Kier molecular flexibility index (Phi) is 15.1. The van der Waals surface area contributed by atoms with Crippen molar-refractivity contribution in [2.24, 2.45) is 18.1 Å². The van der Waals surface area contributed by atoms with Crippen LogP contribution >= 0.6 is 30.6 Å². The molecule has 352 valence electrons. The predicted molar refractivity (Wildman–Crippen MR) is 276 cm³/mol. The summed E-state index contributed by atoms with van der Waals surface area (Å²) in [5.74, 6) is 2.82. The van der Waals surface area contributed by atoms with E-state index in [0.717, 1.165) is 38.9 Å². The van der Waals surface area contributed by atoms with Crippen molar-refractivity contribution < 1.29 is 36.2 Å². The van der Waals surface area contributed by atoms with Crippen molar-refractivity contribution in [2.75, 3.05) is 6.61 Å². The summed E-state index contributed by atoms with van der Waals surface area (Å²) in [6.07, 6.45) is 0.563. The third kappa shape index (κ3) is 12.8. The summed E-state index contributed by atoms with van der Waals surface area (Å²) < 4.78 is 80.0. The first-order chi connectivity index (χ1) is 32.7. The van der Waals surface area contributed by atoms with Crippen LogP contribution in [0, 0.1) is 48.5 Å². The Balaban J connectivity index is 1.61. The first-order valence-corrected chi connectivity index (χ1v) is 28.4. The van der Waals surface area contributed by atoms with E-state index in [1.54, 1.807) is 0 Å². The van der Waals surface area contributed by atoms with Crippen LogP contribution in [0.5, 0.6) is 40.2 Å². The van der Waals surface area contributed by atoms with Crippen molar-refractivity contribution in [3.05, 3.63) is 209 Å². The van der Waals surface area contributed by atoms with E-state index in [0.29, 0.717) is 46.7 Å². The average Bonchev–Trinajstić information content (AvgIpc) is 3.25. The van der Waals surface area contributed by atoms with Crippen LogP contribution in [0.3, 0.4) is 0 Å². The molecule has 0 saturated heterocycles. The summed E-state index contributed by atoms with van der Waals surface area (Å²) in [7, 11) is -17.3. The Morgan fingerprint density at radius 1 is 0.294 bits per heavy atom. The van der Waals surface area contributed by atoms with Crippen molar-refractivity contribution in [1.82, 2.24) is 0 Å². The molecule has 1 aliphatic heterocycles. The van der Waals surface area contributed by atoms with Crippen molar-refractivity contribution in [1.29, 1.82) is 0 Å². The van der Waals surface area contributed by atoms with E-state index in [1.807, 2.05) is 225 Å². The Labute approximate surface area is 400 Å². The Hall–Kier alpha value is -5.98. The van der Waals surface area contributed by atoms with Gasteiger partial charge in [0.2, 0.25) is 0 Å². The lowest BCUT2D eigenvalue weighted by atomic mass is 10.2. The number of nitrogens with zero attached hydrogens (tertiary/aromatic N) is 4. The molecule has 68 heavy (non-hydrogen) atoms. The first-order valence-electron chi connectivity index (χ1n) is 22.2. The summed E-state index contributed by atoms with van der Waals surface area (Å²) in [5, 5.41) is 0.